The van der Waals surface area contributed by atoms with E-state index in [1.54, 1.807) is 12.1 Å². The summed E-state index contributed by atoms with van der Waals surface area (Å²) < 4.78 is 13.1. The molecule has 1 heterocycles. The summed E-state index contributed by atoms with van der Waals surface area (Å²) in [5.74, 6) is -0.699. The van der Waals surface area contributed by atoms with Crippen molar-refractivity contribution >= 4 is 33.4 Å². The summed E-state index contributed by atoms with van der Waals surface area (Å²) >= 11 is 1.37. The van der Waals surface area contributed by atoms with Crippen molar-refractivity contribution in [2.45, 2.75) is 39.7 Å². The van der Waals surface area contributed by atoms with Crippen molar-refractivity contribution in [1.82, 2.24) is 4.57 Å². The van der Waals surface area contributed by atoms with Gasteiger partial charge < -0.3 is 14.0 Å². The van der Waals surface area contributed by atoms with Crippen LogP contribution in [0.25, 0.3) is 10.2 Å². The first kappa shape index (κ1) is 22.9. The maximum absolute atomic E-state index is 12.9. The van der Waals surface area contributed by atoms with Gasteiger partial charge in [-0.15, -0.1) is 0 Å². The first-order valence-electron chi connectivity index (χ1n) is 10.2. The van der Waals surface area contributed by atoms with Crippen molar-refractivity contribution < 1.29 is 19.1 Å². The molecule has 0 N–H and O–H groups in total. The van der Waals surface area contributed by atoms with Crippen LogP contribution in [0.15, 0.2) is 47.5 Å². The summed E-state index contributed by atoms with van der Waals surface area (Å²) in [5, 5.41) is 0. The lowest BCUT2D eigenvalue weighted by Gasteiger charge is -2.18. The van der Waals surface area contributed by atoms with Crippen LogP contribution in [0.4, 0.5) is 0 Å². The molecule has 1 aromatic heterocycles. The van der Waals surface area contributed by atoms with Crippen molar-refractivity contribution in [3.63, 3.8) is 0 Å². The van der Waals surface area contributed by atoms with E-state index in [0.29, 0.717) is 35.7 Å². The van der Waals surface area contributed by atoms with Crippen molar-refractivity contribution in [2.24, 2.45) is 4.99 Å². The average molecular weight is 441 g/mol. The molecule has 0 bridgehead atoms. The van der Waals surface area contributed by atoms with Gasteiger partial charge in [-0.3, -0.25) is 4.79 Å². The van der Waals surface area contributed by atoms with Crippen LogP contribution in [0.1, 0.15) is 54.0 Å². The lowest BCUT2D eigenvalue weighted by atomic mass is 9.87. The van der Waals surface area contributed by atoms with Crippen LogP contribution < -0.4 is 4.80 Å². The minimum absolute atomic E-state index is 0.0177. The standard InChI is InChI=1S/C24H28N2O4S/c1-6-30-14-13-26-19-12-9-17(22(28)29-5)15-20(19)31-23(26)25-21(27)16-7-10-18(11-8-16)24(2,3)4/h7-12,15H,6,13-14H2,1-5H3. The number of rotatable bonds is 6. The highest BCUT2D eigenvalue weighted by Crippen LogP contribution is 2.23. The Balaban J connectivity index is 2.03. The topological polar surface area (TPSA) is 69.9 Å². The number of fused-ring (bicyclic) bond motifs is 1. The summed E-state index contributed by atoms with van der Waals surface area (Å²) in [6.07, 6.45) is 0. The van der Waals surface area contributed by atoms with E-state index in [-0.39, 0.29) is 11.3 Å². The SMILES string of the molecule is CCOCCn1c(=NC(=O)c2ccc(C(C)(C)C)cc2)sc2cc(C(=O)OC)ccc21. The number of benzene rings is 2. The summed E-state index contributed by atoms with van der Waals surface area (Å²) in [5.41, 5.74) is 3.07. The number of thiazole rings is 1. The van der Waals surface area contributed by atoms with Crippen molar-refractivity contribution in [1.29, 1.82) is 0 Å². The molecule has 3 rings (SSSR count). The molecule has 1 amide bonds. The predicted molar refractivity (Wildman–Crippen MR) is 123 cm³/mol. The maximum atomic E-state index is 12.9. The Morgan fingerprint density at radius 3 is 2.35 bits per heavy atom. The molecule has 7 heteroatoms. The number of aromatic nitrogens is 1. The van der Waals surface area contributed by atoms with Crippen LogP contribution in [-0.2, 0) is 21.4 Å². The third kappa shape index (κ3) is 5.29. The lowest BCUT2D eigenvalue weighted by Crippen LogP contribution is -2.20. The molecule has 0 radical (unpaired) electrons. The zero-order chi connectivity index (χ0) is 22.6. The van der Waals surface area contributed by atoms with Crippen molar-refractivity contribution in [3.05, 3.63) is 64.0 Å². The van der Waals surface area contributed by atoms with Gasteiger partial charge in [-0.05, 0) is 48.2 Å². The Labute approximate surface area is 186 Å². The second-order valence-electron chi connectivity index (χ2n) is 8.15. The molecule has 0 aliphatic carbocycles. The molecule has 0 aliphatic heterocycles. The van der Waals surface area contributed by atoms with Crippen molar-refractivity contribution in [3.8, 4) is 0 Å². The minimum Gasteiger partial charge on any atom is -0.465 e. The Morgan fingerprint density at radius 2 is 1.74 bits per heavy atom. The third-order valence-corrected chi connectivity index (χ3v) is 6.00. The van der Waals surface area contributed by atoms with Crippen LogP contribution >= 0.6 is 11.3 Å². The lowest BCUT2D eigenvalue weighted by molar-refractivity contribution is 0.0600. The highest BCUT2D eigenvalue weighted by molar-refractivity contribution is 7.16. The van der Waals surface area contributed by atoms with E-state index < -0.39 is 5.97 Å². The van der Waals surface area contributed by atoms with E-state index >= 15 is 0 Å². The van der Waals surface area contributed by atoms with Gasteiger partial charge in [0.1, 0.15) is 0 Å². The highest BCUT2D eigenvalue weighted by atomic mass is 32.1. The first-order chi connectivity index (χ1) is 14.7. The fraction of sp³-hybridized carbons (Fsp3) is 0.375. The normalized spacial score (nSPS) is 12.4. The maximum Gasteiger partial charge on any atom is 0.337 e. The van der Waals surface area contributed by atoms with E-state index in [1.165, 1.54) is 18.4 Å². The van der Waals surface area contributed by atoms with Gasteiger partial charge in [-0.1, -0.05) is 44.2 Å². The molecule has 6 nitrogen and oxygen atoms in total. The van der Waals surface area contributed by atoms with Gasteiger partial charge in [0.15, 0.2) is 4.80 Å². The van der Waals surface area contributed by atoms with E-state index in [2.05, 4.69) is 25.8 Å². The Morgan fingerprint density at radius 1 is 1.06 bits per heavy atom. The zero-order valence-electron chi connectivity index (χ0n) is 18.6. The van der Waals surface area contributed by atoms with Crippen LogP contribution in [0, 0.1) is 0 Å². The number of hydrogen-bond acceptors (Lipinski definition) is 5. The second-order valence-corrected chi connectivity index (χ2v) is 9.16. The summed E-state index contributed by atoms with van der Waals surface area (Å²) in [7, 11) is 1.35. The van der Waals surface area contributed by atoms with Crippen LogP contribution in [0.2, 0.25) is 0 Å². The van der Waals surface area contributed by atoms with Crippen LogP contribution in [-0.4, -0.2) is 36.8 Å². The number of nitrogens with zero attached hydrogens (tertiary/aromatic N) is 2. The summed E-state index contributed by atoms with van der Waals surface area (Å²) in [6, 6.07) is 12.9. The number of esters is 1. The molecule has 31 heavy (non-hydrogen) atoms. The summed E-state index contributed by atoms with van der Waals surface area (Å²) in [6.45, 7) is 10.0. The minimum atomic E-state index is -0.398. The monoisotopic (exact) mass is 440 g/mol. The molecule has 0 fully saturated rings. The summed E-state index contributed by atoms with van der Waals surface area (Å²) in [4.78, 5) is 29.7. The van der Waals surface area contributed by atoms with E-state index in [1.807, 2.05) is 41.8 Å². The first-order valence-corrected chi connectivity index (χ1v) is 11.0. The molecule has 0 unspecified atom stereocenters. The quantitative estimate of drug-likeness (QED) is 0.416. The van der Waals surface area contributed by atoms with Gasteiger partial charge in [-0.2, -0.15) is 4.99 Å². The molecule has 0 aliphatic rings. The molecule has 0 atom stereocenters. The number of amides is 1. The van der Waals surface area contributed by atoms with E-state index in [9.17, 15) is 9.59 Å². The van der Waals surface area contributed by atoms with E-state index in [4.69, 9.17) is 9.47 Å². The average Bonchev–Trinajstić information content (AvgIpc) is 3.09. The second kappa shape index (κ2) is 9.58. The Bertz CT molecular complexity index is 1150. The molecular weight excluding hydrogens is 412 g/mol. The third-order valence-electron chi connectivity index (χ3n) is 4.96. The molecule has 3 aromatic rings. The van der Waals surface area contributed by atoms with Gasteiger partial charge in [0.2, 0.25) is 0 Å². The fourth-order valence-corrected chi connectivity index (χ4v) is 4.28. The van der Waals surface area contributed by atoms with Gasteiger partial charge in [0.05, 0.1) is 29.5 Å². The Kier molecular flexibility index (Phi) is 7.08. The van der Waals surface area contributed by atoms with Gasteiger partial charge >= 0.3 is 5.97 Å². The van der Waals surface area contributed by atoms with Gasteiger partial charge in [0.25, 0.3) is 5.91 Å². The number of methoxy groups -OCH3 is 1. The number of ether oxygens (including phenoxy) is 2. The molecule has 0 saturated carbocycles. The fourth-order valence-electron chi connectivity index (χ4n) is 3.18. The molecular formula is C24H28N2O4S. The molecule has 0 spiro atoms. The van der Waals surface area contributed by atoms with Crippen LogP contribution in [0.5, 0.6) is 0 Å². The van der Waals surface area contributed by atoms with Crippen LogP contribution in [0.3, 0.4) is 0 Å². The van der Waals surface area contributed by atoms with E-state index in [0.717, 1.165) is 15.8 Å². The molecule has 2 aromatic carbocycles. The molecule has 164 valence electrons. The zero-order valence-corrected chi connectivity index (χ0v) is 19.4. The smallest absolute Gasteiger partial charge is 0.337 e. The number of carbonyl (C=O) groups excluding carboxylic acids is 2. The van der Waals surface area contributed by atoms with Gasteiger partial charge in [0, 0.05) is 18.7 Å². The van der Waals surface area contributed by atoms with Crippen molar-refractivity contribution in [2.75, 3.05) is 20.3 Å². The highest BCUT2D eigenvalue weighted by Gasteiger charge is 2.15. The largest absolute Gasteiger partial charge is 0.465 e. The van der Waals surface area contributed by atoms with Gasteiger partial charge in [-0.25, -0.2) is 4.79 Å². The number of carbonyl (C=O) groups is 2. The number of hydrogen-bond donors (Lipinski definition) is 0. The molecule has 0 saturated heterocycles. The predicted octanol–water partition coefficient (Wildman–Crippen LogP) is 4.56. The Hall–Kier alpha value is -2.77.